The van der Waals surface area contributed by atoms with Gasteiger partial charge in [-0.2, -0.15) is 0 Å². The second-order valence-corrected chi connectivity index (χ2v) is 3.94. The van der Waals surface area contributed by atoms with Gasteiger partial charge in [-0.05, 0) is 19.3 Å². The molecule has 0 saturated carbocycles. The van der Waals surface area contributed by atoms with Gasteiger partial charge < -0.3 is 9.84 Å². The average molecular weight is 184 g/mol. The van der Waals surface area contributed by atoms with Crippen LogP contribution in [0.3, 0.4) is 0 Å². The number of allylic oxidation sites excluding steroid dienone is 1. The lowest BCUT2D eigenvalue weighted by Crippen LogP contribution is -2.28. The SMILES string of the molecule is C=C(C)[C@H]1CCC(C)(O)OC(=O)C1. The van der Waals surface area contributed by atoms with E-state index in [0.29, 0.717) is 12.8 Å². The number of ether oxygens (including phenoxy) is 1. The van der Waals surface area contributed by atoms with Crippen LogP contribution in [-0.4, -0.2) is 16.9 Å². The maximum absolute atomic E-state index is 11.2. The lowest BCUT2D eigenvalue weighted by atomic mass is 9.92. The largest absolute Gasteiger partial charge is 0.434 e. The van der Waals surface area contributed by atoms with Gasteiger partial charge in [-0.3, -0.25) is 4.79 Å². The predicted molar refractivity (Wildman–Crippen MR) is 48.9 cm³/mol. The van der Waals surface area contributed by atoms with Crippen molar-refractivity contribution in [2.45, 2.75) is 38.9 Å². The zero-order chi connectivity index (χ0) is 10.1. The summed E-state index contributed by atoms with van der Waals surface area (Å²) in [4.78, 5) is 11.2. The van der Waals surface area contributed by atoms with E-state index in [0.717, 1.165) is 12.0 Å². The Morgan fingerprint density at radius 3 is 2.92 bits per heavy atom. The molecule has 1 unspecified atom stereocenters. The first-order valence-electron chi connectivity index (χ1n) is 4.50. The molecule has 0 aromatic carbocycles. The Labute approximate surface area is 78.4 Å². The molecule has 3 heteroatoms. The molecule has 0 aromatic heterocycles. The first-order valence-corrected chi connectivity index (χ1v) is 4.50. The van der Waals surface area contributed by atoms with Crippen LogP contribution in [0.5, 0.6) is 0 Å². The molecule has 1 aliphatic rings. The number of esters is 1. The fourth-order valence-electron chi connectivity index (χ4n) is 1.50. The first-order chi connectivity index (χ1) is 5.91. The van der Waals surface area contributed by atoms with E-state index in [1.165, 1.54) is 6.92 Å². The molecule has 1 N–H and O–H groups in total. The summed E-state index contributed by atoms with van der Waals surface area (Å²) in [5.74, 6) is -1.47. The van der Waals surface area contributed by atoms with E-state index in [1.54, 1.807) is 0 Å². The smallest absolute Gasteiger partial charge is 0.308 e. The van der Waals surface area contributed by atoms with Gasteiger partial charge in [0.2, 0.25) is 5.79 Å². The maximum atomic E-state index is 11.2. The summed E-state index contributed by atoms with van der Waals surface area (Å²) in [6, 6.07) is 0. The highest BCUT2D eigenvalue weighted by Gasteiger charge is 2.32. The summed E-state index contributed by atoms with van der Waals surface area (Å²) in [5, 5.41) is 9.55. The fourth-order valence-corrected chi connectivity index (χ4v) is 1.50. The lowest BCUT2D eigenvalue weighted by molar-refractivity contribution is -0.200. The topological polar surface area (TPSA) is 46.5 Å². The van der Waals surface area contributed by atoms with Crippen LogP contribution in [0.4, 0.5) is 0 Å². The molecule has 1 aliphatic heterocycles. The molecule has 1 heterocycles. The molecular formula is C10H16O3. The van der Waals surface area contributed by atoms with Crippen molar-refractivity contribution in [2.24, 2.45) is 5.92 Å². The molecule has 0 amide bonds. The highest BCUT2D eigenvalue weighted by atomic mass is 16.7. The summed E-state index contributed by atoms with van der Waals surface area (Å²) in [6.07, 6.45) is 1.58. The minimum atomic E-state index is -1.29. The summed E-state index contributed by atoms with van der Waals surface area (Å²) in [5.41, 5.74) is 0.981. The standard InChI is InChI=1S/C10H16O3/c1-7(2)8-4-5-10(3,12)13-9(11)6-8/h8,12H,1,4-6H2,2-3H3/t8-,10?/m0/s1. The summed E-state index contributed by atoms with van der Waals surface area (Å²) >= 11 is 0. The van der Waals surface area contributed by atoms with Gasteiger partial charge in [-0.1, -0.05) is 12.2 Å². The number of aliphatic hydroxyl groups is 1. The van der Waals surface area contributed by atoms with Crippen molar-refractivity contribution >= 4 is 5.97 Å². The Hall–Kier alpha value is -0.830. The van der Waals surface area contributed by atoms with Crippen molar-refractivity contribution in [3.05, 3.63) is 12.2 Å². The molecule has 0 aromatic rings. The molecule has 13 heavy (non-hydrogen) atoms. The molecule has 0 spiro atoms. The number of carbonyl (C=O) groups excluding carboxylic acids is 1. The van der Waals surface area contributed by atoms with Gasteiger partial charge >= 0.3 is 5.97 Å². The Balaban J connectivity index is 2.69. The first kappa shape index (κ1) is 10.3. The van der Waals surface area contributed by atoms with E-state index in [-0.39, 0.29) is 11.9 Å². The molecule has 1 fully saturated rings. The van der Waals surface area contributed by atoms with E-state index < -0.39 is 5.79 Å². The fraction of sp³-hybridized carbons (Fsp3) is 0.700. The number of carbonyl (C=O) groups is 1. The molecule has 2 atom stereocenters. The lowest BCUT2D eigenvalue weighted by Gasteiger charge is -2.20. The van der Waals surface area contributed by atoms with Gasteiger partial charge in [0, 0.05) is 13.3 Å². The highest BCUT2D eigenvalue weighted by Crippen LogP contribution is 2.29. The molecule has 74 valence electrons. The maximum Gasteiger partial charge on any atom is 0.308 e. The summed E-state index contributed by atoms with van der Waals surface area (Å²) in [6.45, 7) is 7.23. The van der Waals surface area contributed by atoms with Crippen LogP contribution >= 0.6 is 0 Å². The zero-order valence-corrected chi connectivity index (χ0v) is 8.17. The molecule has 1 saturated heterocycles. The number of rotatable bonds is 1. The van der Waals surface area contributed by atoms with Crippen LogP contribution in [-0.2, 0) is 9.53 Å². The van der Waals surface area contributed by atoms with Gasteiger partial charge in [-0.15, -0.1) is 0 Å². The van der Waals surface area contributed by atoms with Crippen LogP contribution in [0.15, 0.2) is 12.2 Å². The third kappa shape index (κ3) is 2.84. The Bertz CT molecular complexity index is 230. The number of hydrogen-bond acceptors (Lipinski definition) is 3. The average Bonchev–Trinajstić information content (AvgIpc) is 2.07. The van der Waals surface area contributed by atoms with Gasteiger partial charge in [0.15, 0.2) is 0 Å². The van der Waals surface area contributed by atoms with E-state index in [2.05, 4.69) is 6.58 Å². The van der Waals surface area contributed by atoms with E-state index in [4.69, 9.17) is 4.74 Å². The van der Waals surface area contributed by atoms with Gasteiger partial charge in [0.1, 0.15) is 0 Å². The van der Waals surface area contributed by atoms with Gasteiger partial charge in [-0.25, -0.2) is 0 Å². The third-order valence-corrected chi connectivity index (χ3v) is 2.40. The van der Waals surface area contributed by atoms with Crippen LogP contribution in [0.2, 0.25) is 0 Å². The number of cyclic esters (lactones) is 1. The van der Waals surface area contributed by atoms with Crippen LogP contribution in [0, 0.1) is 5.92 Å². The van der Waals surface area contributed by atoms with Crippen LogP contribution in [0.25, 0.3) is 0 Å². The predicted octanol–water partition coefficient (Wildman–Crippen LogP) is 1.61. The Morgan fingerprint density at radius 2 is 2.38 bits per heavy atom. The van der Waals surface area contributed by atoms with E-state index in [1.807, 2.05) is 6.92 Å². The minimum Gasteiger partial charge on any atom is -0.434 e. The monoisotopic (exact) mass is 184 g/mol. The number of hydrogen-bond donors (Lipinski definition) is 1. The van der Waals surface area contributed by atoms with Crippen molar-refractivity contribution in [1.82, 2.24) is 0 Å². The molecular weight excluding hydrogens is 168 g/mol. The summed E-state index contributed by atoms with van der Waals surface area (Å²) < 4.78 is 4.85. The molecule has 1 rings (SSSR count). The zero-order valence-electron chi connectivity index (χ0n) is 8.17. The van der Waals surface area contributed by atoms with Crippen molar-refractivity contribution in [3.8, 4) is 0 Å². The molecule has 0 aliphatic carbocycles. The molecule has 3 nitrogen and oxygen atoms in total. The quantitative estimate of drug-likeness (QED) is 0.497. The second kappa shape index (κ2) is 3.50. The van der Waals surface area contributed by atoms with Crippen molar-refractivity contribution in [2.75, 3.05) is 0 Å². The molecule has 0 bridgehead atoms. The normalized spacial score (nSPS) is 35.0. The van der Waals surface area contributed by atoms with Crippen molar-refractivity contribution in [3.63, 3.8) is 0 Å². The van der Waals surface area contributed by atoms with Gasteiger partial charge in [0.25, 0.3) is 0 Å². The second-order valence-electron chi connectivity index (χ2n) is 3.94. The third-order valence-electron chi connectivity index (χ3n) is 2.40. The van der Waals surface area contributed by atoms with Gasteiger partial charge in [0.05, 0.1) is 6.42 Å². The van der Waals surface area contributed by atoms with E-state index in [9.17, 15) is 9.90 Å². The Kier molecular flexibility index (Phi) is 2.76. The minimum absolute atomic E-state index is 0.154. The highest BCUT2D eigenvalue weighted by molar-refractivity contribution is 5.70. The Morgan fingerprint density at radius 1 is 1.77 bits per heavy atom. The molecule has 0 radical (unpaired) electrons. The van der Waals surface area contributed by atoms with Crippen molar-refractivity contribution in [1.29, 1.82) is 0 Å². The van der Waals surface area contributed by atoms with Crippen molar-refractivity contribution < 1.29 is 14.6 Å². The van der Waals surface area contributed by atoms with Crippen LogP contribution < -0.4 is 0 Å². The van der Waals surface area contributed by atoms with Crippen LogP contribution in [0.1, 0.15) is 33.1 Å². The van der Waals surface area contributed by atoms with E-state index >= 15 is 0 Å². The summed E-state index contributed by atoms with van der Waals surface area (Å²) in [7, 11) is 0.